The maximum Gasteiger partial charge on any atom is 0.314 e. The molecular formula is C15H29N3O2. The third-order valence-corrected chi connectivity index (χ3v) is 4.76. The smallest absolute Gasteiger partial charge is 0.314 e. The number of nitrogens with zero attached hydrogens (tertiary/aromatic N) is 1. The van der Waals surface area contributed by atoms with Crippen LogP contribution < -0.4 is 11.1 Å². The van der Waals surface area contributed by atoms with Gasteiger partial charge in [0, 0.05) is 19.6 Å². The van der Waals surface area contributed by atoms with Gasteiger partial charge in [0.15, 0.2) is 0 Å². The minimum Gasteiger partial charge on any atom is -0.374 e. The average Bonchev–Trinajstić information content (AvgIpc) is 2.48. The van der Waals surface area contributed by atoms with E-state index >= 15 is 0 Å². The molecule has 2 aliphatic rings. The molecule has 1 unspecified atom stereocenters. The van der Waals surface area contributed by atoms with Crippen LogP contribution >= 0.6 is 0 Å². The van der Waals surface area contributed by atoms with Crippen molar-refractivity contribution >= 4 is 6.03 Å². The molecule has 0 radical (unpaired) electrons. The molecular weight excluding hydrogens is 254 g/mol. The van der Waals surface area contributed by atoms with Gasteiger partial charge in [-0.05, 0) is 25.3 Å². The van der Waals surface area contributed by atoms with Gasteiger partial charge in [0.25, 0.3) is 0 Å². The van der Waals surface area contributed by atoms with Gasteiger partial charge in [-0.25, -0.2) is 4.79 Å². The predicted molar refractivity (Wildman–Crippen MR) is 79.5 cm³/mol. The highest BCUT2D eigenvalue weighted by atomic mass is 16.5. The molecule has 3 N–H and O–H groups in total. The van der Waals surface area contributed by atoms with E-state index in [9.17, 15) is 4.79 Å². The van der Waals surface area contributed by atoms with Gasteiger partial charge in [0.1, 0.15) is 0 Å². The second-order valence-electron chi connectivity index (χ2n) is 6.25. The van der Waals surface area contributed by atoms with Gasteiger partial charge in [0.2, 0.25) is 0 Å². The number of nitrogens with two attached hydrogens (primary N) is 1. The molecule has 20 heavy (non-hydrogen) atoms. The number of primary amides is 1. The maximum absolute atomic E-state index is 11.3. The molecule has 5 nitrogen and oxygen atoms in total. The van der Waals surface area contributed by atoms with Crippen molar-refractivity contribution < 1.29 is 9.53 Å². The molecule has 2 amide bonds. The van der Waals surface area contributed by atoms with Gasteiger partial charge in [-0.15, -0.1) is 0 Å². The molecule has 5 heteroatoms. The summed E-state index contributed by atoms with van der Waals surface area (Å²) in [6.07, 6.45) is 8.18. The number of carbonyl (C=O) groups excluding carboxylic acids is 1. The SMILES string of the molecule is CNC[C@H](CC1CCCCC1)C1CN(C(N)=O)CCO1. The van der Waals surface area contributed by atoms with Crippen LogP contribution in [-0.2, 0) is 4.74 Å². The van der Waals surface area contributed by atoms with E-state index in [0.29, 0.717) is 25.6 Å². The van der Waals surface area contributed by atoms with E-state index in [0.717, 1.165) is 12.5 Å². The fourth-order valence-electron chi connectivity index (χ4n) is 3.64. The van der Waals surface area contributed by atoms with Crippen LogP contribution in [0.25, 0.3) is 0 Å². The van der Waals surface area contributed by atoms with E-state index in [1.165, 1.54) is 38.5 Å². The summed E-state index contributed by atoms with van der Waals surface area (Å²) in [6.45, 7) is 2.84. The first-order chi connectivity index (χ1) is 9.70. The van der Waals surface area contributed by atoms with Crippen molar-refractivity contribution in [2.45, 2.75) is 44.6 Å². The van der Waals surface area contributed by atoms with Crippen LogP contribution in [-0.4, -0.2) is 50.3 Å². The van der Waals surface area contributed by atoms with Crippen LogP contribution in [0.4, 0.5) is 4.79 Å². The van der Waals surface area contributed by atoms with Crippen LogP contribution in [0, 0.1) is 11.8 Å². The van der Waals surface area contributed by atoms with E-state index in [1.54, 1.807) is 4.90 Å². The number of amides is 2. The molecule has 0 spiro atoms. The van der Waals surface area contributed by atoms with Crippen molar-refractivity contribution in [1.82, 2.24) is 10.2 Å². The molecule has 0 aromatic heterocycles. The first-order valence-corrected chi connectivity index (χ1v) is 8.01. The Kier molecular flexibility index (Phi) is 6.10. The number of hydrogen-bond donors (Lipinski definition) is 2. The van der Waals surface area contributed by atoms with Crippen molar-refractivity contribution in [2.24, 2.45) is 17.6 Å². The summed E-state index contributed by atoms with van der Waals surface area (Å²) in [5, 5.41) is 3.28. The number of urea groups is 1. The van der Waals surface area contributed by atoms with E-state index in [2.05, 4.69) is 5.32 Å². The molecule has 2 fully saturated rings. The van der Waals surface area contributed by atoms with Crippen molar-refractivity contribution in [2.75, 3.05) is 33.3 Å². The van der Waals surface area contributed by atoms with Gasteiger partial charge in [-0.3, -0.25) is 0 Å². The number of carbonyl (C=O) groups is 1. The fourth-order valence-corrected chi connectivity index (χ4v) is 3.64. The Morgan fingerprint density at radius 2 is 2.15 bits per heavy atom. The lowest BCUT2D eigenvalue weighted by Gasteiger charge is -2.38. The lowest BCUT2D eigenvalue weighted by Crippen LogP contribution is -2.51. The van der Waals surface area contributed by atoms with Crippen LogP contribution in [0.2, 0.25) is 0 Å². The maximum atomic E-state index is 11.3. The Balaban J connectivity index is 1.90. The number of hydrogen-bond acceptors (Lipinski definition) is 3. The fraction of sp³-hybridized carbons (Fsp3) is 0.933. The summed E-state index contributed by atoms with van der Waals surface area (Å²) in [5.74, 6) is 1.31. The summed E-state index contributed by atoms with van der Waals surface area (Å²) in [4.78, 5) is 13.1. The molecule has 1 heterocycles. The summed E-state index contributed by atoms with van der Waals surface area (Å²) in [7, 11) is 1.99. The Bertz CT molecular complexity index is 305. The van der Waals surface area contributed by atoms with Gasteiger partial charge in [0.05, 0.1) is 12.7 Å². The molecule has 116 valence electrons. The second kappa shape index (κ2) is 7.84. The normalized spacial score (nSPS) is 26.4. The van der Waals surface area contributed by atoms with E-state index in [1.807, 2.05) is 7.05 Å². The van der Waals surface area contributed by atoms with E-state index in [4.69, 9.17) is 10.5 Å². The van der Waals surface area contributed by atoms with Crippen molar-refractivity contribution in [3.05, 3.63) is 0 Å². The second-order valence-corrected chi connectivity index (χ2v) is 6.25. The molecule has 1 aliphatic heterocycles. The third-order valence-electron chi connectivity index (χ3n) is 4.76. The highest BCUT2D eigenvalue weighted by Crippen LogP contribution is 2.31. The number of morpholine rings is 1. The predicted octanol–water partition coefficient (Wildman–Crippen LogP) is 1.57. The zero-order valence-corrected chi connectivity index (χ0v) is 12.6. The number of ether oxygens (including phenoxy) is 1. The first kappa shape index (κ1) is 15.6. The van der Waals surface area contributed by atoms with E-state index < -0.39 is 0 Å². The van der Waals surface area contributed by atoms with Crippen molar-refractivity contribution in [1.29, 1.82) is 0 Å². The molecule has 0 aromatic carbocycles. The van der Waals surface area contributed by atoms with Gasteiger partial charge in [-0.1, -0.05) is 32.1 Å². The Morgan fingerprint density at radius 3 is 2.80 bits per heavy atom. The highest BCUT2D eigenvalue weighted by molar-refractivity contribution is 5.72. The molecule has 1 aliphatic carbocycles. The quantitative estimate of drug-likeness (QED) is 0.805. The standard InChI is InChI=1S/C15H29N3O2/c1-17-10-13(9-12-5-3-2-4-6-12)14-11-18(15(16)19)7-8-20-14/h12-14,17H,2-11H2,1H3,(H2,16,19)/t13-,14?/m0/s1. The van der Waals surface area contributed by atoms with Crippen LogP contribution in [0.3, 0.4) is 0 Å². The topological polar surface area (TPSA) is 67.6 Å². The van der Waals surface area contributed by atoms with Crippen LogP contribution in [0.5, 0.6) is 0 Å². The molecule has 2 atom stereocenters. The average molecular weight is 283 g/mol. The zero-order chi connectivity index (χ0) is 14.4. The lowest BCUT2D eigenvalue weighted by atomic mass is 9.81. The summed E-state index contributed by atoms with van der Waals surface area (Å²) in [5.41, 5.74) is 5.40. The summed E-state index contributed by atoms with van der Waals surface area (Å²) in [6, 6.07) is -0.320. The highest BCUT2D eigenvalue weighted by Gasteiger charge is 2.31. The van der Waals surface area contributed by atoms with Crippen molar-refractivity contribution in [3.63, 3.8) is 0 Å². The molecule has 1 saturated carbocycles. The molecule has 0 aromatic rings. The third kappa shape index (κ3) is 4.35. The van der Waals surface area contributed by atoms with Crippen LogP contribution in [0.1, 0.15) is 38.5 Å². The van der Waals surface area contributed by atoms with Gasteiger partial charge < -0.3 is 20.7 Å². The van der Waals surface area contributed by atoms with Gasteiger partial charge in [-0.2, -0.15) is 0 Å². The van der Waals surface area contributed by atoms with Crippen LogP contribution in [0.15, 0.2) is 0 Å². The number of nitrogens with one attached hydrogen (secondary N) is 1. The summed E-state index contributed by atoms with van der Waals surface area (Å²) >= 11 is 0. The molecule has 2 rings (SSSR count). The first-order valence-electron chi connectivity index (χ1n) is 8.01. The monoisotopic (exact) mass is 283 g/mol. The van der Waals surface area contributed by atoms with Crippen molar-refractivity contribution in [3.8, 4) is 0 Å². The van der Waals surface area contributed by atoms with Gasteiger partial charge >= 0.3 is 6.03 Å². The number of rotatable bonds is 5. The largest absolute Gasteiger partial charge is 0.374 e. The summed E-state index contributed by atoms with van der Waals surface area (Å²) < 4.78 is 5.93. The Labute approximate surface area is 122 Å². The molecule has 1 saturated heterocycles. The Morgan fingerprint density at radius 1 is 1.40 bits per heavy atom. The Hall–Kier alpha value is -0.810. The lowest BCUT2D eigenvalue weighted by molar-refractivity contribution is -0.0491. The minimum absolute atomic E-state index is 0.130. The minimum atomic E-state index is -0.320. The zero-order valence-electron chi connectivity index (χ0n) is 12.6. The van der Waals surface area contributed by atoms with E-state index in [-0.39, 0.29) is 12.1 Å². The molecule has 0 bridgehead atoms.